The molecule has 0 aliphatic carbocycles. The number of hydrogen-bond acceptors (Lipinski definition) is 0. The molecule has 0 rings (SSSR count). The maximum Gasteiger partial charge on any atom is 4.00 e. The third-order valence-electron chi connectivity index (χ3n) is 0. The molecule has 0 atom stereocenters. The molecule has 12 heavy (non-hydrogen) atoms. The molecule has 76 valence electrons. The van der Waals surface area contributed by atoms with Gasteiger partial charge in [0.1, 0.15) is 0 Å². The molecule has 0 bridgehead atoms. The van der Waals surface area contributed by atoms with Gasteiger partial charge in [-0.1, -0.05) is 0 Å². The second-order valence-electron chi connectivity index (χ2n) is 0.990. The quantitative estimate of drug-likeness (QED) is 0.463. The van der Waals surface area contributed by atoms with Crippen LogP contribution in [0.2, 0.25) is 0 Å². The van der Waals surface area contributed by atoms with E-state index in [1.807, 2.05) is 0 Å². The number of halogens is 8. The molecule has 0 heterocycles. The van der Waals surface area contributed by atoms with E-state index in [2.05, 4.69) is 0 Å². The van der Waals surface area contributed by atoms with Crippen LogP contribution in [-0.2, 0) is 22.5 Å². The Bertz CT molecular complexity index is 60.0. The van der Waals surface area contributed by atoms with Crippen molar-refractivity contribution in [2.75, 3.05) is 0 Å². The molecule has 1 nitrogen and oxygen atoms in total. The zero-order valence-corrected chi connectivity index (χ0v) is 6.04. The first kappa shape index (κ1) is 22.7. The maximum atomic E-state index is 9.75. The molecule has 0 spiro atoms. The van der Waals surface area contributed by atoms with Gasteiger partial charge < -0.3 is 40.0 Å². The monoisotopic (exact) mass is 246 g/mol. The van der Waals surface area contributed by atoms with Gasteiger partial charge in [-0.25, -0.2) is 0 Å². The first-order chi connectivity index (χ1) is 4.00. The Morgan fingerprint density at radius 1 is 0.500 bits per heavy atom. The van der Waals surface area contributed by atoms with Crippen LogP contribution in [0.1, 0.15) is 0 Å². The minimum atomic E-state index is -6.00. The summed E-state index contributed by atoms with van der Waals surface area (Å²) in [5.74, 6) is 0. The molecular weight excluding hydrogens is 245 g/mol. The molecule has 0 aliphatic rings. The van der Waals surface area contributed by atoms with E-state index in [1.54, 1.807) is 0 Å². The van der Waals surface area contributed by atoms with Gasteiger partial charge in [0.25, 0.3) is 0 Å². The molecule has 12 heteroatoms. The van der Waals surface area contributed by atoms with Crippen molar-refractivity contribution < 1.29 is 57.1 Å². The Morgan fingerprint density at radius 2 is 0.500 bits per heavy atom. The van der Waals surface area contributed by atoms with E-state index in [0.29, 0.717) is 0 Å². The van der Waals surface area contributed by atoms with Crippen LogP contribution in [0.4, 0.5) is 34.5 Å². The van der Waals surface area contributed by atoms with Crippen LogP contribution in [0.15, 0.2) is 0 Å². The summed E-state index contributed by atoms with van der Waals surface area (Å²) in [6, 6.07) is 0. The minimum Gasteiger partial charge on any atom is -2.00 e. The summed E-state index contributed by atoms with van der Waals surface area (Å²) in [6.07, 6.45) is 0. The standard InChI is InChI=1S/2BF4.Fe.O/c2*2-1(3,4)5;;/q2*-1;+4;-2. The maximum absolute atomic E-state index is 9.75. The van der Waals surface area contributed by atoms with Gasteiger partial charge in [0.2, 0.25) is 0 Å². The van der Waals surface area contributed by atoms with E-state index in [1.165, 1.54) is 0 Å². The molecular formula is B2F8FeO. The van der Waals surface area contributed by atoms with Gasteiger partial charge in [-0.15, -0.1) is 0 Å². The van der Waals surface area contributed by atoms with Gasteiger partial charge in [-0.05, 0) is 0 Å². The van der Waals surface area contributed by atoms with E-state index in [9.17, 15) is 34.5 Å². The van der Waals surface area contributed by atoms with Crippen molar-refractivity contribution in [3.05, 3.63) is 0 Å². The average molecular weight is 245 g/mol. The van der Waals surface area contributed by atoms with Gasteiger partial charge in [-0.3, -0.25) is 0 Å². The van der Waals surface area contributed by atoms with Crippen LogP contribution < -0.4 is 0 Å². The Morgan fingerprint density at radius 3 is 0.500 bits per heavy atom. The molecule has 0 N–H and O–H groups in total. The predicted octanol–water partition coefficient (Wildman–Crippen LogP) is 2.48. The Kier molecular flexibility index (Phi) is 14.5. The van der Waals surface area contributed by atoms with Crippen molar-refractivity contribution in [1.82, 2.24) is 0 Å². The van der Waals surface area contributed by atoms with Crippen LogP contribution >= 0.6 is 0 Å². The van der Waals surface area contributed by atoms with Crippen molar-refractivity contribution in [2.24, 2.45) is 0 Å². The van der Waals surface area contributed by atoms with Gasteiger partial charge >= 0.3 is 31.6 Å². The molecule has 0 saturated carbocycles. The summed E-state index contributed by atoms with van der Waals surface area (Å²) in [6.45, 7) is 0. The van der Waals surface area contributed by atoms with Crippen molar-refractivity contribution in [1.29, 1.82) is 0 Å². The van der Waals surface area contributed by atoms with Crippen LogP contribution in [-0.4, -0.2) is 14.5 Å². The van der Waals surface area contributed by atoms with Crippen LogP contribution in [0.25, 0.3) is 0 Å². The average Bonchev–Trinajstić information content (AvgIpc) is 1.12. The third-order valence-corrected chi connectivity index (χ3v) is 0. The summed E-state index contributed by atoms with van der Waals surface area (Å²) in [5.41, 5.74) is 0. The normalized spacial score (nSPS) is 10.0. The molecule has 0 unspecified atom stereocenters. The van der Waals surface area contributed by atoms with Crippen LogP contribution in [0, 0.1) is 0 Å². The van der Waals surface area contributed by atoms with Crippen molar-refractivity contribution in [3.63, 3.8) is 0 Å². The molecule has 0 aromatic rings. The predicted molar refractivity (Wildman–Crippen MR) is 21.1 cm³/mol. The van der Waals surface area contributed by atoms with Gasteiger partial charge in [-0.2, -0.15) is 0 Å². The summed E-state index contributed by atoms with van der Waals surface area (Å²) in [4.78, 5) is 0. The minimum absolute atomic E-state index is 0. The van der Waals surface area contributed by atoms with E-state index in [4.69, 9.17) is 0 Å². The molecule has 0 fully saturated rings. The zero-order valence-electron chi connectivity index (χ0n) is 4.94. The SMILES string of the molecule is F[B-](F)(F)F.F[B-](F)(F)F.[Fe+4].[O-2]. The summed E-state index contributed by atoms with van der Waals surface area (Å²) < 4.78 is 78.0. The molecule has 0 aromatic carbocycles. The fraction of sp³-hybridized carbons (Fsp3) is 0. The summed E-state index contributed by atoms with van der Waals surface area (Å²) >= 11 is 0. The van der Waals surface area contributed by atoms with Crippen LogP contribution in [0.3, 0.4) is 0 Å². The fourth-order valence-electron chi connectivity index (χ4n) is 0. The van der Waals surface area contributed by atoms with Gasteiger partial charge in [0, 0.05) is 0 Å². The number of rotatable bonds is 0. The summed E-state index contributed by atoms with van der Waals surface area (Å²) in [7, 11) is -12.0. The second kappa shape index (κ2) is 7.69. The molecule has 0 aliphatic heterocycles. The van der Waals surface area contributed by atoms with Crippen molar-refractivity contribution in [2.45, 2.75) is 0 Å². The van der Waals surface area contributed by atoms with E-state index in [-0.39, 0.29) is 22.5 Å². The van der Waals surface area contributed by atoms with E-state index >= 15 is 0 Å². The Labute approximate surface area is 72.5 Å². The zero-order chi connectivity index (χ0) is 9.00. The fourth-order valence-corrected chi connectivity index (χ4v) is 0. The smallest absolute Gasteiger partial charge is 2.00 e. The van der Waals surface area contributed by atoms with Crippen LogP contribution in [0.5, 0.6) is 0 Å². The van der Waals surface area contributed by atoms with E-state index in [0.717, 1.165) is 0 Å². The van der Waals surface area contributed by atoms with Crippen molar-refractivity contribution in [3.8, 4) is 0 Å². The second-order valence-corrected chi connectivity index (χ2v) is 0.990. The summed E-state index contributed by atoms with van der Waals surface area (Å²) in [5, 5.41) is 0. The largest absolute Gasteiger partial charge is 4.00 e. The first-order valence-electron chi connectivity index (χ1n) is 1.75. The van der Waals surface area contributed by atoms with E-state index < -0.39 is 14.5 Å². The first-order valence-corrected chi connectivity index (χ1v) is 1.75. The molecule has 0 radical (unpaired) electrons. The molecule has 0 aromatic heterocycles. The molecule has 0 saturated heterocycles. The Balaban J connectivity index is -0.0000000457. The van der Waals surface area contributed by atoms with Gasteiger partial charge in [0.05, 0.1) is 0 Å². The molecule has 0 amide bonds. The van der Waals surface area contributed by atoms with Gasteiger partial charge in [0.15, 0.2) is 0 Å². The Hall–Kier alpha value is 0.0494. The topological polar surface area (TPSA) is 28.5 Å². The van der Waals surface area contributed by atoms with Crippen molar-refractivity contribution >= 4 is 14.5 Å². The number of hydrogen-bond donors (Lipinski definition) is 0. The third kappa shape index (κ3) is 338000.